The molecule has 0 radical (unpaired) electrons. The predicted molar refractivity (Wildman–Crippen MR) is 230 cm³/mol. The number of thiophene rings is 1. The molecule has 0 amide bonds. The molecule has 7 aromatic carbocycles. The summed E-state index contributed by atoms with van der Waals surface area (Å²) in [6.45, 7) is 0. The first kappa shape index (κ1) is 31.8. The minimum Gasteiger partial charge on any atom is -0.456 e. The molecule has 5 heterocycles. The van der Waals surface area contributed by atoms with Gasteiger partial charge in [-0.1, -0.05) is 127 Å². The summed E-state index contributed by atoms with van der Waals surface area (Å²) in [6, 6.07) is 55.2. The average molecular weight is 750 g/mol. The van der Waals surface area contributed by atoms with Gasteiger partial charge in [0.05, 0.1) is 21.5 Å². The maximum Gasteiger partial charge on any atom is 0.167 e. The lowest BCUT2D eigenvalue weighted by Crippen LogP contribution is -2.00. The van der Waals surface area contributed by atoms with Crippen LogP contribution in [-0.2, 0) is 0 Å². The Hall–Kier alpha value is -7.55. The lowest BCUT2D eigenvalue weighted by atomic mass is 10.0. The second-order valence-corrected chi connectivity index (χ2v) is 15.0. The fourth-order valence-corrected chi connectivity index (χ4v) is 9.07. The van der Waals surface area contributed by atoms with Crippen molar-refractivity contribution in [2.45, 2.75) is 0 Å². The van der Waals surface area contributed by atoms with Crippen LogP contribution in [0.1, 0.15) is 0 Å². The molecule has 0 saturated carbocycles. The van der Waals surface area contributed by atoms with Gasteiger partial charge in [0.2, 0.25) is 0 Å². The first-order valence-electron chi connectivity index (χ1n) is 18.7. The van der Waals surface area contributed by atoms with Crippen molar-refractivity contribution in [3.05, 3.63) is 164 Å². The van der Waals surface area contributed by atoms with Crippen molar-refractivity contribution >= 4 is 75.5 Å². The third kappa shape index (κ3) is 5.08. The van der Waals surface area contributed by atoms with Gasteiger partial charge in [-0.05, 0) is 36.4 Å². The molecule has 0 N–H and O–H groups in total. The molecule has 0 saturated heterocycles. The number of nitrogens with zero attached hydrogens (tertiary/aromatic N) is 5. The van der Waals surface area contributed by atoms with E-state index in [2.05, 4.69) is 60.7 Å². The maximum absolute atomic E-state index is 6.80. The van der Waals surface area contributed by atoms with Crippen LogP contribution in [0.15, 0.2) is 173 Å². The number of para-hydroxylation sites is 2. The Balaban J connectivity index is 1.05. The molecule has 8 heteroatoms. The third-order valence-electron chi connectivity index (χ3n) is 10.6. The minimum atomic E-state index is 0.513. The van der Waals surface area contributed by atoms with E-state index in [-0.39, 0.29) is 0 Å². The van der Waals surface area contributed by atoms with E-state index in [0.717, 1.165) is 87.4 Å². The topological polar surface area (TPSA) is 90.7 Å². The predicted octanol–water partition coefficient (Wildman–Crippen LogP) is 13.2. The number of hydrogen-bond acceptors (Lipinski definition) is 8. The molecular weight excluding hydrogens is 723 g/mol. The maximum atomic E-state index is 6.80. The molecule has 0 fully saturated rings. The molecule has 7 nitrogen and oxygen atoms in total. The Bertz CT molecular complexity index is 3540. The van der Waals surface area contributed by atoms with Crippen molar-refractivity contribution in [3.63, 3.8) is 0 Å². The standard InChI is InChI=1S/C49H27N5O2S/c1-3-13-28(14-4-1)42-45-43(34-18-8-10-24-40(34)57-45)51-47(50-42)30-25-26-31-32-19-11-21-36(44(32)56-39(31)27-30)49-53-46(29-15-5-2-6-16-29)52-48(54-49)35-20-12-23-38-41(35)33-17-7-9-22-37(33)55-38/h1-27H. The van der Waals surface area contributed by atoms with E-state index in [4.69, 9.17) is 33.8 Å². The lowest BCUT2D eigenvalue weighted by Gasteiger charge is -2.09. The summed E-state index contributed by atoms with van der Waals surface area (Å²) in [7, 11) is 0. The zero-order valence-corrected chi connectivity index (χ0v) is 30.9. The van der Waals surface area contributed by atoms with Crippen molar-refractivity contribution in [2.24, 2.45) is 0 Å². The smallest absolute Gasteiger partial charge is 0.167 e. The molecule has 0 bridgehead atoms. The highest BCUT2D eigenvalue weighted by Gasteiger charge is 2.22. The molecule has 0 spiro atoms. The molecule has 266 valence electrons. The van der Waals surface area contributed by atoms with E-state index in [0.29, 0.717) is 28.9 Å². The molecule has 5 aromatic heterocycles. The quantitative estimate of drug-likeness (QED) is 0.173. The van der Waals surface area contributed by atoms with Gasteiger partial charge in [-0.15, -0.1) is 11.3 Å². The fourth-order valence-electron chi connectivity index (χ4n) is 7.92. The largest absolute Gasteiger partial charge is 0.456 e. The molecular formula is C49H27N5O2S. The molecule has 0 atom stereocenters. The number of aromatic nitrogens is 5. The molecule has 12 rings (SSSR count). The Labute approximate surface area is 328 Å². The van der Waals surface area contributed by atoms with Crippen molar-refractivity contribution in [2.75, 3.05) is 0 Å². The highest BCUT2D eigenvalue weighted by atomic mass is 32.1. The normalized spacial score (nSPS) is 11.9. The van der Waals surface area contributed by atoms with Gasteiger partial charge in [0.25, 0.3) is 0 Å². The van der Waals surface area contributed by atoms with E-state index >= 15 is 0 Å². The first-order valence-corrected chi connectivity index (χ1v) is 19.5. The highest BCUT2D eigenvalue weighted by Crippen LogP contribution is 2.42. The van der Waals surface area contributed by atoms with Crippen molar-refractivity contribution in [1.82, 2.24) is 24.9 Å². The van der Waals surface area contributed by atoms with E-state index in [1.54, 1.807) is 11.3 Å². The van der Waals surface area contributed by atoms with Crippen LogP contribution < -0.4 is 0 Å². The zero-order valence-electron chi connectivity index (χ0n) is 30.0. The average Bonchev–Trinajstić information content (AvgIpc) is 3.97. The fraction of sp³-hybridized carbons (Fsp3) is 0. The van der Waals surface area contributed by atoms with Gasteiger partial charge in [-0.2, -0.15) is 0 Å². The minimum absolute atomic E-state index is 0.513. The second kappa shape index (κ2) is 12.5. The monoisotopic (exact) mass is 749 g/mol. The second-order valence-electron chi connectivity index (χ2n) is 14.0. The van der Waals surface area contributed by atoms with Gasteiger partial charge in [0.15, 0.2) is 23.3 Å². The van der Waals surface area contributed by atoms with Crippen LogP contribution in [0, 0.1) is 0 Å². The number of fused-ring (bicyclic) bond motifs is 9. The van der Waals surface area contributed by atoms with Crippen LogP contribution in [0.5, 0.6) is 0 Å². The van der Waals surface area contributed by atoms with Crippen LogP contribution >= 0.6 is 11.3 Å². The summed E-state index contributed by atoms with van der Waals surface area (Å²) < 4.78 is 15.3. The summed E-state index contributed by atoms with van der Waals surface area (Å²) in [5.74, 6) is 2.27. The molecule has 57 heavy (non-hydrogen) atoms. The number of hydrogen-bond donors (Lipinski definition) is 0. The van der Waals surface area contributed by atoms with E-state index in [1.165, 1.54) is 4.70 Å². The number of benzene rings is 7. The Morgan fingerprint density at radius 1 is 0.386 bits per heavy atom. The first-order chi connectivity index (χ1) is 28.2. The number of rotatable bonds is 5. The summed E-state index contributed by atoms with van der Waals surface area (Å²) in [5, 5.41) is 5.04. The van der Waals surface area contributed by atoms with Crippen LogP contribution in [0.25, 0.3) is 121 Å². The van der Waals surface area contributed by atoms with Gasteiger partial charge in [0.1, 0.15) is 22.3 Å². The van der Waals surface area contributed by atoms with Gasteiger partial charge < -0.3 is 8.83 Å². The van der Waals surface area contributed by atoms with Gasteiger partial charge >= 0.3 is 0 Å². The number of furan rings is 2. The van der Waals surface area contributed by atoms with E-state index in [1.807, 2.05) is 103 Å². The van der Waals surface area contributed by atoms with Crippen LogP contribution in [0.3, 0.4) is 0 Å². The summed E-state index contributed by atoms with van der Waals surface area (Å²) in [6.07, 6.45) is 0. The Morgan fingerprint density at radius 3 is 1.89 bits per heavy atom. The highest BCUT2D eigenvalue weighted by molar-refractivity contribution is 7.26. The zero-order chi connectivity index (χ0) is 37.5. The van der Waals surface area contributed by atoms with E-state index < -0.39 is 0 Å². The molecule has 0 unspecified atom stereocenters. The SMILES string of the molecule is c1ccc(-c2nc(-c3cccc4c3oc3cc(-c5nc(-c6ccccc6)c6sc7ccccc7c6n5)ccc34)nc(-c3cccc4oc5ccccc5c34)n2)cc1. The van der Waals surface area contributed by atoms with Crippen molar-refractivity contribution in [1.29, 1.82) is 0 Å². The van der Waals surface area contributed by atoms with Crippen LogP contribution in [-0.4, -0.2) is 24.9 Å². The van der Waals surface area contributed by atoms with E-state index in [9.17, 15) is 0 Å². The van der Waals surface area contributed by atoms with Gasteiger partial charge in [-0.3, -0.25) is 0 Å². The summed E-state index contributed by atoms with van der Waals surface area (Å²) >= 11 is 1.73. The van der Waals surface area contributed by atoms with Crippen LogP contribution in [0.4, 0.5) is 0 Å². The van der Waals surface area contributed by atoms with Gasteiger partial charge in [-0.25, -0.2) is 24.9 Å². The Morgan fingerprint density at radius 2 is 1.04 bits per heavy atom. The third-order valence-corrected chi connectivity index (χ3v) is 11.7. The molecule has 0 aliphatic rings. The Kier molecular flexibility index (Phi) is 6.96. The molecule has 0 aliphatic heterocycles. The van der Waals surface area contributed by atoms with Crippen LogP contribution in [0.2, 0.25) is 0 Å². The van der Waals surface area contributed by atoms with Crippen molar-refractivity contribution in [3.8, 4) is 56.8 Å². The van der Waals surface area contributed by atoms with Gasteiger partial charge in [0, 0.05) is 53.9 Å². The molecule has 0 aliphatic carbocycles. The van der Waals surface area contributed by atoms with Crippen molar-refractivity contribution < 1.29 is 8.83 Å². The lowest BCUT2D eigenvalue weighted by molar-refractivity contribution is 0.668. The summed E-state index contributed by atoms with van der Waals surface area (Å²) in [4.78, 5) is 25.7. The molecule has 12 aromatic rings. The summed E-state index contributed by atoms with van der Waals surface area (Å²) in [5.41, 5.74) is 9.32.